The molecule has 4 aromatic rings. The van der Waals surface area contributed by atoms with E-state index >= 15 is 0 Å². The van der Waals surface area contributed by atoms with E-state index < -0.39 is 0 Å². The van der Waals surface area contributed by atoms with Crippen LogP contribution in [-0.4, -0.2) is 26.9 Å². The zero-order valence-electron chi connectivity index (χ0n) is 15.0. The SMILES string of the molecule is Cn1cc(C(=O)N2CCc3[nH]c4ccccc4c3C2)c2ccccc2c1=O. The second-order valence-electron chi connectivity index (χ2n) is 7.11. The third kappa shape index (κ3) is 2.39. The van der Waals surface area contributed by atoms with Crippen LogP contribution in [-0.2, 0) is 20.0 Å². The van der Waals surface area contributed by atoms with E-state index in [1.54, 1.807) is 19.3 Å². The fraction of sp³-hybridized carbons (Fsp3) is 0.182. The molecule has 3 heterocycles. The minimum atomic E-state index is -0.0836. The van der Waals surface area contributed by atoms with Crippen molar-refractivity contribution < 1.29 is 4.79 Å². The number of hydrogen-bond acceptors (Lipinski definition) is 2. The summed E-state index contributed by atoms with van der Waals surface area (Å²) >= 11 is 0. The molecule has 27 heavy (non-hydrogen) atoms. The Hall–Kier alpha value is -3.34. The number of para-hydroxylation sites is 1. The van der Waals surface area contributed by atoms with E-state index in [0.29, 0.717) is 24.0 Å². The van der Waals surface area contributed by atoms with Crippen molar-refractivity contribution in [1.29, 1.82) is 0 Å². The van der Waals surface area contributed by atoms with Crippen molar-refractivity contribution in [2.45, 2.75) is 13.0 Å². The third-order valence-corrected chi connectivity index (χ3v) is 5.49. The monoisotopic (exact) mass is 357 g/mol. The molecule has 5 nitrogen and oxygen atoms in total. The maximum absolute atomic E-state index is 13.3. The summed E-state index contributed by atoms with van der Waals surface area (Å²) in [6.45, 7) is 1.24. The second kappa shape index (κ2) is 5.84. The number of H-pyrrole nitrogens is 1. The van der Waals surface area contributed by atoms with Crippen molar-refractivity contribution in [2.24, 2.45) is 7.05 Å². The molecule has 0 bridgehead atoms. The first kappa shape index (κ1) is 15.9. The van der Waals surface area contributed by atoms with Crippen LogP contribution in [0.3, 0.4) is 0 Å². The number of nitrogens with one attached hydrogen (secondary N) is 1. The molecular formula is C22H19N3O2. The van der Waals surface area contributed by atoms with Crippen LogP contribution in [0.15, 0.2) is 59.5 Å². The molecule has 0 saturated carbocycles. The van der Waals surface area contributed by atoms with E-state index in [1.807, 2.05) is 35.2 Å². The standard InChI is InChI=1S/C22H19N3O2/c1-24-12-18(14-6-2-3-8-16(14)21(24)26)22(27)25-11-10-20-17(13-25)15-7-4-5-9-19(15)23-20/h2-9,12,23H,10-11,13H2,1H3. The Morgan fingerprint density at radius 1 is 1.00 bits per heavy atom. The van der Waals surface area contributed by atoms with Gasteiger partial charge in [0.1, 0.15) is 0 Å². The quantitative estimate of drug-likeness (QED) is 0.569. The van der Waals surface area contributed by atoms with Gasteiger partial charge in [0.2, 0.25) is 0 Å². The molecule has 0 aliphatic carbocycles. The molecule has 1 aliphatic rings. The van der Waals surface area contributed by atoms with Gasteiger partial charge in [-0.3, -0.25) is 9.59 Å². The van der Waals surface area contributed by atoms with E-state index in [2.05, 4.69) is 17.1 Å². The zero-order chi connectivity index (χ0) is 18.5. The van der Waals surface area contributed by atoms with Gasteiger partial charge in [-0.1, -0.05) is 36.4 Å². The molecule has 1 aliphatic heterocycles. The number of pyridine rings is 1. The minimum absolute atomic E-state index is 0.0299. The normalized spacial score (nSPS) is 13.9. The lowest BCUT2D eigenvalue weighted by Gasteiger charge is -2.28. The minimum Gasteiger partial charge on any atom is -0.358 e. The highest BCUT2D eigenvalue weighted by atomic mass is 16.2. The van der Waals surface area contributed by atoms with E-state index in [9.17, 15) is 9.59 Å². The van der Waals surface area contributed by atoms with Crippen LogP contribution in [0, 0.1) is 0 Å². The number of carbonyl (C=O) groups excluding carboxylic acids is 1. The van der Waals surface area contributed by atoms with Gasteiger partial charge < -0.3 is 14.5 Å². The van der Waals surface area contributed by atoms with Gasteiger partial charge in [0.15, 0.2) is 0 Å². The predicted molar refractivity (Wildman–Crippen MR) is 106 cm³/mol. The molecule has 134 valence electrons. The van der Waals surface area contributed by atoms with Crippen molar-refractivity contribution >= 4 is 27.6 Å². The highest BCUT2D eigenvalue weighted by Crippen LogP contribution is 2.29. The van der Waals surface area contributed by atoms with Crippen molar-refractivity contribution in [2.75, 3.05) is 6.54 Å². The largest absolute Gasteiger partial charge is 0.358 e. The van der Waals surface area contributed by atoms with Crippen molar-refractivity contribution in [3.8, 4) is 0 Å². The van der Waals surface area contributed by atoms with Gasteiger partial charge in [-0.15, -0.1) is 0 Å². The molecule has 1 amide bonds. The van der Waals surface area contributed by atoms with Crippen LogP contribution in [0.2, 0.25) is 0 Å². The lowest BCUT2D eigenvalue weighted by Crippen LogP contribution is -2.36. The number of carbonyl (C=O) groups is 1. The first-order valence-corrected chi connectivity index (χ1v) is 9.09. The van der Waals surface area contributed by atoms with Gasteiger partial charge in [0.05, 0.1) is 5.56 Å². The Morgan fingerprint density at radius 3 is 2.52 bits per heavy atom. The zero-order valence-corrected chi connectivity index (χ0v) is 15.0. The van der Waals surface area contributed by atoms with E-state index in [0.717, 1.165) is 17.3 Å². The molecule has 0 radical (unpaired) electrons. The number of aromatic nitrogens is 2. The number of rotatable bonds is 1. The number of fused-ring (bicyclic) bond motifs is 4. The Kier molecular flexibility index (Phi) is 3.44. The van der Waals surface area contributed by atoms with Crippen LogP contribution < -0.4 is 5.56 Å². The van der Waals surface area contributed by atoms with Gasteiger partial charge in [0.25, 0.3) is 11.5 Å². The number of benzene rings is 2. The second-order valence-corrected chi connectivity index (χ2v) is 7.11. The van der Waals surface area contributed by atoms with Crippen molar-refractivity contribution in [3.63, 3.8) is 0 Å². The number of aromatic amines is 1. The van der Waals surface area contributed by atoms with Crippen molar-refractivity contribution in [3.05, 3.63) is 81.9 Å². The molecule has 5 rings (SSSR count). The summed E-state index contributed by atoms with van der Waals surface area (Å²) in [5.41, 5.74) is 4.02. The number of amides is 1. The van der Waals surface area contributed by atoms with Crippen LogP contribution in [0.25, 0.3) is 21.7 Å². The molecule has 2 aromatic heterocycles. The lowest BCUT2D eigenvalue weighted by atomic mass is 10.0. The van der Waals surface area contributed by atoms with Gasteiger partial charge in [-0.25, -0.2) is 0 Å². The van der Waals surface area contributed by atoms with Crippen LogP contribution >= 0.6 is 0 Å². The Morgan fingerprint density at radius 2 is 1.70 bits per heavy atom. The number of aryl methyl sites for hydroxylation is 1. The molecule has 1 N–H and O–H groups in total. The maximum Gasteiger partial charge on any atom is 0.258 e. The molecule has 5 heteroatoms. The molecular weight excluding hydrogens is 338 g/mol. The molecule has 0 unspecified atom stereocenters. The predicted octanol–water partition coefficient (Wildman–Crippen LogP) is 3.22. The van der Waals surface area contributed by atoms with Crippen molar-refractivity contribution in [1.82, 2.24) is 14.5 Å². The highest BCUT2D eigenvalue weighted by Gasteiger charge is 2.26. The van der Waals surface area contributed by atoms with Crippen LogP contribution in [0.4, 0.5) is 0 Å². The Balaban J connectivity index is 1.59. The fourth-order valence-corrected chi connectivity index (χ4v) is 4.10. The molecule has 0 saturated heterocycles. The average Bonchev–Trinajstić information content (AvgIpc) is 3.08. The summed E-state index contributed by atoms with van der Waals surface area (Å²) in [5, 5.41) is 2.47. The molecule has 0 spiro atoms. The van der Waals surface area contributed by atoms with Gasteiger partial charge in [-0.2, -0.15) is 0 Å². The first-order valence-electron chi connectivity index (χ1n) is 9.09. The van der Waals surface area contributed by atoms with E-state index in [4.69, 9.17) is 0 Å². The summed E-state index contributed by atoms with van der Waals surface area (Å²) in [7, 11) is 1.69. The van der Waals surface area contributed by atoms with Gasteiger partial charge in [0, 0.05) is 65.7 Å². The third-order valence-electron chi connectivity index (χ3n) is 5.49. The molecule has 0 fully saturated rings. The smallest absolute Gasteiger partial charge is 0.258 e. The maximum atomic E-state index is 13.3. The highest BCUT2D eigenvalue weighted by molar-refractivity contribution is 6.06. The molecule has 0 atom stereocenters. The van der Waals surface area contributed by atoms with Crippen LogP contribution in [0.5, 0.6) is 0 Å². The van der Waals surface area contributed by atoms with Gasteiger partial charge >= 0.3 is 0 Å². The number of nitrogens with zero attached hydrogens (tertiary/aromatic N) is 2. The first-order chi connectivity index (χ1) is 13.1. The summed E-state index contributed by atoms with van der Waals surface area (Å²) in [5.74, 6) is -0.0299. The van der Waals surface area contributed by atoms with E-state index in [-0.39, 0.29) is 11.5 Å². The summed E-state index contributed by atoms with van der Waals surface area (Å²) in [4.78, 5) is 31.1. The average molecular weight is 357 g/mol. The van der Waals surface area contributed by atoms with Crippen LogP contribution in [0.1, 0.15) is 21.6 Å². The Bertz CT molecular complexity index is 1270. The number of hydrogen-bond donors (Lipinski definition) is 1. The summed E-state index contributed by atoms with van der Waals surface area (Å²) < 4.78 is 1.50. The van der Waals surface area contributed by atoms with Gasteiger partial charge in [-0.05, 0) is 12.1 Å². The Labute approximate surface area is 155 Å². The fourth-order valence-electron chi connectivity index (χ4n) is 4.10. The summed E-state index contributed by atoms with van der Waals surface area (Å²) in [6.07, 6.45) is 2.47. The van der Waals surface area contributed by atoms with E-state index in [1.165, 1.54) is 21.2 Å². The topological polar surface area (TPSA) is 58.1 Å². The molecule has 2 aromatic carbocycles. The summed E-state index contributed by atoms with van der Waals surface area (Å²) in [6, 6.07) is 15.5. The lowest BCUT2D eigenvalue weighted by molar-refractivity contribution is 0.0736.